The van der Waals surface area contributed by atoms with Crippen LogP contribution in [0, 0.1) is 0 Å². The maximum absolute atomic E-state index is 10.2. The molecule has 0 heterocycles. The van der Waals surface area contributed by atoms with E-state index in [1.165, 1.54) is 24.8 Å². The van der Waals surface area contributed by atoms with Crippen LogP contribution in [0.1, 0.15) is 62.2 Å². The lowest BCUT2D eigenvalue weighted by Crippen LogP contribution is -2.21. The highest BCUT2D eigenvalue weighted by Crippen LogP contribution is 2.40. The van der Waals surface area contributed by atoms with Crippen LogP contribution in [0.15, 0.2) is 24.3 Å². The molecule has 1 saturated carbocycles. The molecule has 0 amide bonds. The summed E-state index contributed by atoms with van der Waals surface area (Å²) in [5.74, 6) is 0.592. The monoisotopic (exact) mass is 234 g/mol. The van der Waals surface area contributed by atoms with E-state index >= 15 is 0 Å². The topological polar surface area (TPSA) is 40.5 Å². The predicted octanol–water partition coefficient (Wildman–Crippen LogP) is 3.15. The molecule has 94 valence electrons. The maximum atomic E-state index is 10.2. The molecule has 1 aromatic carbocycles. The zero-order valence-electron chi connectivity index (χ0n) is 10.5. The minimum atomic E-state index is -0.730. The van der Waals surface area contributed by atoms with E-state index in [0.29, 0.717) is 12.3 Å². The summed E-state index contributed by atoms with van der Waals surface area (Å²) in [7, 11) is 0. The first kappa shape index (κ1) is 12.6. The van der Waals surface area contributed by atoms with Crippen molar-refractivity contribution in [2.45, 2.75) is 57.2 Å². The summed E-state index contributed by atoms with van der Waals surface area (Å²) in [5.41, 5.74) is 2.17. The molecule has 1 aliphatic carbocycles. The second-order valence-electron chi connectivity index (χ2n) is 5.06. The highest BCUT2D eigenvalue weighted by molar-refractivity contribution is 5.33. The van der Waals surface area contributed by atoms with Crippen molar-refractivity contribution < 1.29 is 10.2 Å². The smallest absolute Gasteiger partial charge is 0.105 e. The molecule has 0 bridgehead atoms. The molecule has 1 aromatic rings. The van der Waals surface area contributed by atoms with E-state index in [9.17, 15) is 10.2 Å². The van der Waals surface area contributed by atoms with Gasteiger partial charge in [0.1, 0.15) is 6.10 Å². The molecule has 0 aliphatic heterocycles. The molecule has 0 saturated heterocycles. The van der Waals surface area contributed by atoms with Gasteiger partial charge in [0.25, 0.3) is 0 Å². The molecule has 2 nitrogen and oxygen atoms in total. The second-order valence-corrected chi connectivity index (χ2v) is 5.06. The molecule has 2 heteroatoms. The van der Waals surface area contributed by atoms with Gasteiger partial charge in [-0.3, -0.25) is 0 Å². The summed E-state index contributed by atoms with van der Waals surface area (Å²) in [6.45, 7) is 2.02. The average Bonchev–Trinajstić information content (AvgIpc) is 2.27. The highest BCUT2D eigenvalue weighted by atomic mass is 16.3. The van der Waals surface area contributed by atoms with E-state index in [0.717, 1.165) is 12.0 Å². The first-order valence-electron chi connectivity index (χ1n) is 6.69. The molecule has 17 heavy (non-hydrogen) atoms. The minimum absolute atomic E-state index is 0.592. The molecule has 0 aromatic heterocycles. The Kier molecular flexibility index (Phi) is 4.19. The summed E-state index contributed by atoms with van der Waals surface area (Å²) in [4.78, 5) is 0. The van der Waals surface area contributed by atoms with E-state index in [1.807, 2.05) is 25.1 Å². The summed E-state index contributed by atoms with van der Waals surface area (Å²) in [6.07, 6.45) is 3.89. The SMILES string of the molecule is CCCC(O)C(O)c1ccccc1C1CCC1. The van der Waals surface area contributed by atoms with Crippen LogP contribution in [0.2, 0.25) is 0 Å². The Morgan fingerprint density at radius 1 is 1.24 bits per heavy atom. The van der Waals surface area contributed by atoms with Gasteiger partial charge in [-0.1, -0.05) is 44.0 Å². The third kappa shape index (κ3) is 2.70. The van der Waals surface area contributed by atoms with Crippen molar-refractivity contribution in [2.75, 3.05) is 0 Å². The van der Waals surface area contributed by atoms with Gasteiger partial charge in [-0.05, 0) is 36.3 Å². The van der Waals surface area contributed by atoms with Crippen molar-refractivity contribution in [2.24, 2.45) is 0 Å². The first-order chi connectivity index (χ1) is 8.24. The van der Waals surface area contributed by atoms with Crippen LogP contribution in [0.5, 0.6) is 0 Å². The van der Waals surface area contributed by atoms with Crippen LogP contribution in [0.4, 0.5) is 0 Å². The molecular weight excluding hydrogens is 212 g/mol. The summed E-state index contributed by atoms with van der Waals surface area (Å²) >= 11 is 0. The molecule has 1 fully saturated rings. The van der Waals surface area contributed by atoms with Crippen LogP contribution in [0.25, 0.3) is 0 Å². The van der Waals surface area contributed by atoms with Crippen molar-refractivity contribution in [3.8, 4) is 0 Å². The Bertz CT molecular complexity index is 358. The normalized spacial score (nSPS) is 19.7. The molecular formula is C15H22O2. The highest BCUT2D eigenvalue weighted by Gasteiger charge is 2.26. The van der Waals surface area contributed by atoms with Crippen LogP contribution in [-0.2, 0) is 0 Å². The Labute approximate surface area is 103 Å². The fraction of sp³-hybridized carbons (Fsp3) is 0.600. The lowest BCUT2D eigenvalue weighted by Gasteiger charge is -2.30. The molecule has 2 rings (SSSR count). The molecule has 2 atom stereocenters. The third-order valence-corrected chi connectivity index (χ3v) is 3.81. The molecule has 0 radical (unpaired) electrons. The molecule has 2 unspecified atom stereocenters. The number of aliphatic hydroxyl groups is 2. The van der Waals surface area contributed by atoms with E-state index in [1.54, 1.807) is 0 Å². The Morgan fingerprint density at radius 2 is 1.94 bits per heavy atom. The van der Waals surface area contributed by atoms with Crippen molar-refractivity contribution in [1.82, 2.24) is 0 Å². The Morgan fingerprint density at radius 3 is 2.53 bits per heavy atom. The molecule has 1 aliphatic rings. The summed E-state index contributed by atoms with van der Waals surface area (Å²) < 4.78 is 0. The van der Waals surface area contributed by atoms with Crippen molar-refractivity contribution in [1.29, 1.82) is 0 Å². The minimum Gasteiger partial charge on any atom is -0.390 e. The van der Waals surface area contributed by atoms with Gasteiger partial charge in [-0.2, -0.15) is 0 Å². The van der Waals surface area contributed by atoms with Crippen molar-refractivity contribution in [3.05, 3.63) is 35.4 Å². The van der Waals surface area contributed by atoms with Gasteiger partial charge in [-0.15, -0.1) is 0 Å². The van der Waals surface area contributed by atoms with Crippen molar-refractivity contribution in [3.63, 3.8) is 0 Å². The van der Waals surface area contributed by atoms with Crippen LogP contribution < -0.4 is 0 Å². The maximum Gasteiger partial charge on any atom is 0.105 e. The van der Waals surface area contributed by atoms with Gasteiger partial charge >= 0.3 is 0 Å². The number of aliphatic hydroxyl groups excluding tert-OH is 2. The zero-order valence-corrected chi connectivity index (χ0v) is 10.5. The van der Waals surface area contributed by atoms with Gasteiger partial charge in [0.15, 0.2) is 0 Å². The average molecular weight is 234 g/mol. The van der Waals surface area contributed by atoms with Crippen LogP contribution in [0.3, 0.4) is 0 Å². The number of hydrogen-bond acceptors (Lipinski definition) is 2. The first-order valence-corrected chi connectivity index (χ1v) is 6.69. The van der Waals surface area contributed by atoms with E-state index in [4.69, 9.17) is 0 Å². The fourth-order valence-corrected chi connectivity index (χ4v) is 2.53. The van der Waals surface area contributed by atoms with Gasteiger partial charge in [0, 0.05) is 0 Å². The van der Waals surface area contributed by atoms with Crippen LogP contribution in [-0.4, -0.2) is 16.3 Å². The molecule has 2 N–H and O–H groups in total. The number of rotatable bonds is 5. The van der Waals surface area contributed by atoms with Gasteiger partial charge in [0.05, 0.1) is 6.10 Å². The number of benzene rings is 1. The summed E-state index contributed by atoms with van der Waals surface area (Å²) in [5, 5.41) is 20.1. The Hall–Kier alpha value is -0.860. The van der Waals surface area contributed by atoms with Gasteiger partial charge < -0.3 is 10.2 Å². The summed E-state index contributed by atoms with van der Waals surface area (Å²) in [6, 6.07) is 8.02. The second kappa shape index (κ2) is 5.65. The van der Waals surface area contributed by atoms with E-state index in [-0.39, 0.29) is 0 Å². The molecule has 0 spiro atoms. The lowest BCUT2D eigenvalue weighted by molar-refractivity contribution is 0.0122. The third-order valence-electron chi connectivity index (χ3n) is 3.81. The van der Waals surface area contributed by atoms with Gasteiger partial charge in [0.2, 0.25) is 0 Å². The standard InChI is InChI=1S/C15H22O2/c1-2-6-14(16)15(17)13-10-4-3-9-12(13)11-7-5-8-11/h3-4,9-11,14-17H,2,5-8H2,1H3. The van der Waals surface area contributed by atoms with E-state index < -0.39 is 12.2 Å². The zero-order chi connectivity index (χ0) is 12.3. The quantitative estimate of drug-likeness (QED) is 0.821. The van der Waals surface area contributed by atoms with Gasteiger partial charge in [-0.25, -0.2) is 0 Å². The fourth-order valence-electron chi connectivity index (χ4n) is 2.53. The Balaban J connectivity index is 2.18. The largest absolute Gasteiger partial charge is 0.390 e. The van der Waals surface area contributed by atoms with E-state index in [2.05, 4.69) is 6.07 Å². The lowest BCUT2D eigenvalue weighted by atomic mass is 9.77. The van der Waals surface area contributed by atoms with Crippen LogP contribution >= 0.6 is 0 Å². The number of hydrogen-bond donors (Lipinski definition) is 2. The van der Waals surface area contributed by atoms with Crippen molar-refractivity contribution >= 4 is 0 Å². The predicted molar refractivity (Wildman–Crippen MR) is 68.9 cm³/mol.